The van der Waals surface area contributed by atoms with Crippen molar-refractivity contribution in [2.45, 2.75) is 116 Å². The van der Waals surface area contributed by atoms with Crippen LogP contribution in [-0.4, -0.2) is 6.61 Å². The van der Waals surface area contributed by atoms with Crippen molar-refractivity contribution in [3.8, 4) is 5.75 Å². The summed E-state index contributed by atoms with van der Waals surface area (Å²) in [4.78, 5) is 0. The van der Waals surface area contributed by atoms with Crippen molar-refractivity contribution in [1.29, 1.82) is 0 Å². The van der Waals surface area contributed by atoms with Gasteiger partial charge in [0.1, 0.15) is 0 Å². The third-order valence-electron chi connectivity index (χ3n) is 8.07. The van der Waals surface area contributed by atoms with Crippen LogP contribution in [0.2, 0.25) is 0 Å². The first-order valence-electron chi connectivity index (χ1n) is 13.2. The molecular formula is C28H44F2O. The van der Waals surface area contributed by atoms with E-state index in [9.17, 15) is 8.78 Å². The summed E-state index contributed by atoms with van der Waals surface area (Å²) in [6.45, 7) is 4.90. The summed E-state index contributed by atoms with van der Waals surface area (Å²) in [5.74, 6) is 1.38. The Bertz CT molecular complexity index is 643. The molecule has 0 aliphatic heterocycles. The van der Waals surface area contributed by atoms with E-state index < -0.39 is 11.6 Å². The van der Waals surface area contributed by atoms with Crippen LogP contribution < -0.4 is 4.74 Å². The summed E-state index contributed by atoms with van der Waals surface area (Å²) in [5, 5.41) is 0. The summed E-state index contributed by atoms with van der Waals surface area (Å²) < 4.78 is 34.9. The third kappa shape index (κ3) is 6.93. The zero-order valence-electron chi connectivity index (χ0n) is 19.9. The van der Waals surface area contributed by atoms with Crippen molar-refractivity contribution in [1.82, 2.24) is 0 Å². The third-order valence-corrected chi connectivity index (χ3v) is 8.07. The van der Waals surface area contributed by atoms with Crippen molar-refractivity contribution < 1.29 is 13.5 Å². The van der Waals surface area contributed by atoms with E-state index in [1.54, 1.807) is 12.1 Å². The standard InChI is InChI=1S/C28H44F2O/c1-3-5-7-8-20-31-26-19-18-25(27(29)28(26)30)24-16-14-23(15-17-24)22-12-10-21(11-13-22)9-6-4-2/h18-19,21-24H,3-17,20H2,1-2H3. The average Bonchev–Trinajstić information content (AvgIpc) is 2.81. The zero-order valence-corrected chi connectivity index (χ0v) is 19.9. The lowest BCUT2D eigenvalue weighted by Gasteiger charge is -2.38. The number of benzene rings is 1. The van der Waals surface area contributed by atoms with Crippen LogP contribution in [0, 0.1) is 29.4 Å². The van der Waals surface area contributed by atoms with Crippen molar-refractivity contribution in [2.24, 2.45) is 17.8 Å². The van der Waals surface area contributed by atoms with Gasteiger partial charge < -0.3 is 4.74 Å². The molecule has 176 valence electrons. The van der Waals surface area contributed by atoms with Crippen molar-refractivity contribution in [3.05, 3.63) is 29.3 Å². The molecule has 2 aliphatic rings. The molecule has 2 aliphatic carbocycles. The molecule has 0 N–H and O–H groups in total. The van der Waals surface area contributed by atoms with Gasteiger partial charge in [0, 0.05) is 0 Å². The first-order chi connectivity index (χ1) is 15.1. The van der Waals surface area contributed by atoms with Gasteiger partial charge in [0.25, 0.3) is 0 Å². The van der Waals surface area contributed by atoms with Gasteiger partial charge >= 0.3 is 0 Å². The molecule has 0 heterocycles. The molecular weight excluding hydrogens is 390 g/mol. The second-order valence-electron chi connectivity index (χ2n) is 10.2. The molecule has 3 heteroatoms. The Morgan fingerprint density at radius 3 is 2.03 bits per heavy atom. The average molecular weight is 435 g/mol. The molecule has 3 rings (SSSR count). The Morgan fingerprint density at radius 2 is 1.39 bits per heavy atom. The largest absolute Gasteiger partial charge is 0.490 e. The molecule has 0 unspecified atom stereocenters. The molecule has 0 atom stereocenters. The van der Waals surface area contributed by atoms with Crippen molar-refractivity contribution in [2.75, 3.05) is 6.61 Å². The second kappa shape index (κ2) is 12.8. The predicted octanol–water partition coefficient (Wildman–Crippen LogP) is 9.19. The fourth-order valence-electron chi connectivity index (χ4n) is 6.03. The van der Waals surface area contributed by atoms with Crippen molar-refractivity contribution >= 4 is 0 Å². The quantitative estimate of drug-likeness (QED) is 0.315. The molecule has 0 radical (unpaired) electrons. The summed E-state index contributed by atoms with van der Waals surface area (Å²) >= 11 is 0. The van der Waals surface area contributed by atoms with Gasteiger partial charge in [0.15, 0.2) is 11.6 Å². The molecule has 2 saturated carbocycles. The lowest BCUT2D eigenvalue weighted by Crippen LogP contribution is -2.25. The number of ether oxygens (including phenoxy) is 1. The first kappa shape index (κ1) is 24.5. The molecule has 0 amide bonds. The van der Waals surface area contributed by atoms with Gasteiger partial charge in [-0.05, 0) is 80.2 Å². The van der Waals surface area contributed by atoms with E-state index in [4.69, 9.17) is 4.74 Å². The van der Waals surface area contributed by atoms with Gasteiger partial charge in [-0.25, -0.2) is 4.39 Å². The number of rotatable bonds is 11. The minimum Gasteiger partial charge on any atom is -0.490 e. The summed E-state index contributed by atoms with van der Waals surface area (Å²) in [6, 6.07) is 3.43. The first-order valence-corrected chi connectivity index (χ1v) is 13.2. The predicted molar refractivity (Wildman–Crippen MR) is 126 cm³/mol. The minimum atomic E-state index is -0.791. The Labute approximate surface area is 189 Å². The van der Waals surface area contributed by atoms with Crippen LogP contribution in [0.3, 0.4) is 0 Å². The van der Waals surface area contributed by atoms with Crippen molar-refractivity contribution in [3.63, 3.8) is 0 Å². The van der Waals surface area contributed by atoms with E-state index in [-0.39, 0.29) is 11.7 Å². The Hall–Kier alpha value is -1.12. The lowest BCUT2D eigenvalue weighted by molar-refractivity contribution is 0.155. The number of hydrogen-bond acceptors (Lipinski definition) is 1. The van der Waals surface area contributed by atoms with Gasteiger partial charge in [0.2, 0.25) is 5.82 Å². The summed E-state index contributed by atoms with van der Waals surface area (Å²) in [7, 11) is 0. The van der Waals surface area contributed by atoms with Crippen LogP contribution in [0.15, 0.2) is 12.1 Å². The van der Waals surface area contributed by atoms with Crippen LogP contribution in [0.4, 0.5) is 8.78 Å². The molecule has 0 bridgehead atoms. The molecule has 0 saturated heterocycles. The van der Waals surface area contributed by atoms with E-state index in [0.717, 1.165) is 56.3 Å². The normalized spacial score (nSPS) is 26.7. The maximum Gasteiger partial charge on any atom is 0.200 e. The molecule has 1 aromatic rings. The summed E-state index contributed by atoms with van der Waals surface area (Å²) in [6.07, 6.45) is 18.3. The van der Waals surface area contributed by atoms with Crippen LogP contribution in [0.1, 0.15) is 122 Å². The Morgan fingerprint density at radius 1 is 0.742 bits per heavy atom. The van der Waals surface area contributed by atoms with E-state index in [0.29, 0.717) is 12.2 Å². The molecule has 1 aromatic carbocycles. The fraction of sp³-hybridized carbons (Fsp3) is 0.786. The Balaban J connectivity index is 1.46. The lowest BCUT2D eigenvalue weighted by atomic mass is 9.68. The van der Waals surface area contributed by atoms with Crippen LogP contribution >= 0.6 is 0 Å². The van der Waals surface area contributed by atoms with Crippen LogP contribution in [0.5, 0.6) is 5.75 Å². The molecule has 0 spiro atoms. The van der Waals surface area contributed by atoms with Gasteiger partial charge in [-0.1, -0.05) is 71.3 Å². The molecule has 1 nitrogen and oxygen atoms in total. The molecule has 0 aromatic heterocycles. The smallest absolute Gasteiger partial charge is 0.200 e. The topological polar surface area (TPSA) is 9.23 Å². The van der Waals surface area contributed by atoms with Gasteiger partial charge in [-0.3, -0.25) is 0 Å². The maximum atomic E-state index is 14.8. The number of hydrogen-bond donors (Lipinski definition) is 0. The van der Waals surface area contributed by atoms with Gasteiger partial charge in [-0.2, -0.15) is 4.39 Å². The van der Waals surface area contributed by atoms with E-state index in [1.165, 1.54) is 57.8 Å². The number of unbranched alkanes of at least 4 members (excludes halogenated alkanes) is 4. The van der Waals surface area contributed by atoms with Gasteiger partial charge in [-0.15, -0.1) is 0 Å². The highest BCUT2D eigenvalue weighted by atomic mass is 19.2. The van der Waals surface area contributed by atoms with E-state index >= 15 is 0 Å². The Kier molecular flexibility index (Phi) is 10.1. The van der Waals surface area contributed by atoms with Gasteiger partial charge in [0.05, 0.1) is 6.61 Å². The molecule has 2 fully saturated rings. The highest BCUT2D eigenvalue weighted by Crippen LogP contribution is 2.45. The van der Waals surface area contributed by atoms with Crippen LogP contribution in [0.25, 0.3) is 0 Å². The number of halogens is 2. The highest BCUT2D eigenvalue weighted by molar-refractivity contribution is 5.33. The zero-order chi connectivity index (χ0) is 22.1. The minimum absolute atomic E-state index is 0.0752. The summed E-state index contributed by atoms with van der Waals surface area (Å²) in [5.41, 5.74) is 0.567. The second-order valence-corrected chi connectivity index (χ2v) is 10.2. The van der Waals surface area contributed by atoms with Crippen LogP contribution in [-0.2, 0) is 0 Å². The monoisotopic (exact) mass is 434 g/mol. The SMILES string of the molecule is CCCCCCOc1ccc(C2CCC(C3CCC(CCCC)CC3)CC2)c(F)c1F. The van der Waals surface area contributed by atoms with E-state index in [1.807, 2.05) is 0 Å². The molecule has 31 heavy (non-hydrogen) atoms. The fourth-order valence-corrected chi connectivity index (χ4v) is 6.03. The van der Waals surface area contributed by atoms with E-state index in [2.05, 4.69) is 13.8 Å². The maximum absolute atomic E-state index is 14.8. The highest BCUT2D eigenvalue weighted by Gasteiger charge is 2.32.